The number of nitrogens with one attached hydrogen (secondary N) is 1. The number of aromatic nitrogens is 1. The number of aliphatic imine (C=N–C) groups is 1. The molecule has 0 saturated heterocycles. The number of nitrogens with zero attached hydrogens (tertiary/aromatic N) is 3. The number of aryl methyl sites for hydroxylation is 1. The third-order valence-electron chi connectivity index (χ3n) is 5.44. The number of hydrogen-bond acceptors (Lipinski definition) is 4. The molecule has 0 radical (unpaired) electrons. The SMILES string of the molecule is CC1=CN2C(=N)/C(=C\c3cn(CCCOc4ccc(Cl)cc4)c4ccccc34)C(=O)N=C2S1. The normalized spacial score (nSPS) is 16.9. The van der Waals surface area contributed by atoms with E-state index < -0.39 is 0 Å². The summed E-state index contributed by atoms with van der Waals surface area (Å²) in [5, 5.41) is 10.8. The first-order valence-corrected chi connectivity index (χ1v) is 11.7. The van der Waals surface area contributed by atoms with Gasteiger partial charge in [0, 0.05) is 45.3 Å². The van der Waals surface area contributed by atoms with Crippen molar-refractivity contribution in [3.63, 3.8) is 0 Å². The number of amides is 1. The van der Waals surface area contributed by atoms with Crippen LogP contribution in [0, 0.1) is 5.41 Å². The van der Waals surface area contributed by atoms with Crippen molar-refractivity contribution in [2.75, 3.05) is 6.61 Å². The van der Waals surface area contributed by atoms with Crippen LogP contribution in [0.5, 0.6) is 5.75 Å². The number of carbonyl (C=O) groups is 1. The van der Waals surface area contributed by atoms with Crippen LogP contribution in [0.25, 0.3) is 17.0 Å². The summed E-state index contributed by atoms with van der Waals surface area (Å²) in [6, 6.07) is 15.4. The molecule has 3 aromatic rings. The van der Waals surface area contributed by atoms with Crippen molar-refractivity contribution < 1.29 is 9.53 Å². The van der Waals surface area contributed by atoms with Gasteiger partial charge in [0.25, 0.3) is 5.91 Å². The van der Waals surface area contributed by atoms with Crippen LogP contribution in [0.15, 0.2) is 76.4 Å². The molecule has 8 heteroatoms. The Morgan fingerprint density at radius 2 is 1.97 bits per heavy atom. The molecule has 0 saturated carbocycles. The molecule has 1 N–H and O–H groups in total. The quantitative estimate of drug-likeness (QED) is 0.353. The fraction of sp³-hybridized carbons (Fsp3) is 0.160. The average molecular weight is 477 g/mol. The van der Waals surface area contributed by atoms with E-state index in [1.165, 1.54) is 11.8 Å². The maximum absolute atomic E-state index is 12.7. The molecule has 0 bridgehead atoms. The minimum Gasteiger partial charge on any atom is -0.494 e. The average Bonchev–Trinajstić information content (AvgIpc) is 3.35. The number of hydrogen-bond donors (Lipinski definition) is 1. The van der Waals surface area contributed by atoms with Gasteiger partial charge in [0.2, 0.25) is 0 Å². The highest BCUT2D eigenvalue weighted by molar-refractivity contribution is 8.17. The molecule has 0 fully saturated rings. The first kappa shape index (κ1) is 21.6. The van der Waals surface area contributed by atoms with E-state index in [2.05, 4.69) is 15.6 Å². The van der Waals surface area contributed by atoms with Crippen LogP contribution in [-0.2, 0) is 11.3 Å². The Morgan fingerprint density at radius 1 is 1.18 bits per heavy atom. The Balaban J connectivity index is 1.37. The van der Waals surface area contributed by atoms with Crippen molar-refractivity contribution >= 4 is 57.3 Å². The zero-order chi connectivity index (χ0) is 22.9. The molecule has 2 aliphatic heterocycles. The fourth-order valence-corrected chi connectivity index (χ4v) is 4.83. The van der Waals surface area contributed by atoms with Crippen molar-refractivity contribution in [2.45, 2.75) is 19.9 Å². The molecule has 1 aromatic heterocycles. The van der Waals surface area contributed by atoms with Gasteiger partial charge >= 0.3 is 0 Å². The number of allylic oxidation sites excluding steroid dienone is 1. The van der Waals surface area contributed by atoms with Crippen molar-refractivity contribution in [3.05, 3.63) is 82.0 Å². The monoisotopic (exact) mass is 476 g/mol. The number of ether oxygens (including phenoxy) is 1. The Morgan fingerprint density at radius 3 is 2.79 bits per heavy atom. The molecule has 1 amide bonds. The third-order valence-corrected chi connectivity index (χ3v) is 6.59. The number of halogens is 1. The molecule has 0 atom stereocenters. The van der Waals surface area contributed by atoms with E-state index in [4.69, 9.17) is 21.7 Å². The van der Waals surface area contributed by atoms with Crippen molar-refractivity contribution in [1.29, 1.82) is 5.41 Å². The van der Waals surface area contributed by atoms with Crippen LogP contribution in [-0.4, -0.2) is 33.0 Å². The van der Waals surface area contributed by atoms with Gasteiger partial charge in [-0.25, -0.2) is 0 Å². The number of thioether (sulfide) groups is 1. The van der Waals surface area contributed by atoms with Gasteiger partial charge < -0.3 is 9.30 Å². The number of carbonyl (C=O) groups excluding carboxylic acids is 1. The molecule has 166 valence electrons. The van der Waals surface area contributed by atoms with Crippen LogP contribution in [0.1, 0.15) is 18.9 Å². The highest BCUT2D eigenvalue weighted by Crippen LogP contribution is 2.33. The lowest BCUT2D eigenvalue weighted by molar-refractivity contribution is -0.114. The molecular formula is C25H21ClN4O2S. The molecule has 0 unspecified atom stereocenters. The van der Waals surface area contributed by atoms with Gasteiger partial charge in [0.15, 0.2) is 5.17 Å². The zero-order valence-electron chi connectivity index (χ0n) is 17.9. The molecule has 0 spiro atoms. The summed E-state index contributed by atoms with van der Waals surface area (Å²) in [5.41, 5.74) is 2.25. The first-order valence-electron chi connectivity index (χ1n) is 10.5. The van der Waals surface area contributed by atoms with Crippen molar-refractivity contribution in [3.8, 4) is 5.75 Å². The largest absolute Gasteiger partial charge is 0.494 e. The molecule has 6 nitrogen and oxygen atoms in total. The van der Waals surface area contributed by atoms with E-state index in [1.807, 2.05) is 61.8 Å². The van der Waals surface area contributed by atoms with Gasteiger partial charge in [0.1, 0.15) is 11.6 Å². The summed E-state index contributed by atoms with van der Waals surface area (Å²) in [6.07, 6.45) is 6.46. The maximum Gasteiger partial charge on any atom is 0.283 e. The van der Waals surface area contributed by atoms with E-state index in [0.717, 1.165) is 40.1 Å². The van der Waals surface area contributed by atoms with Crippen molar-refractivity contribution in [1.82, 2.24) is 9.47 Å². The Bertz CT molecular complexity index is 1350. The lowest BCUT2D eigenvalue weighted by Gasteiger charge is -2.22. The lowest BCUT2D eigenvalue weighted by atomic mass is 10.1. The van der Waals surface area contributed by atoms with Gasteiger partial charge in [-0.05, 0) is 49.8 Å². The van der Waals surface area contributed by atoms with Gasteiger partial charge in [-0.3, -0.25) is 15.1 Å². The van der Waals surface area contributed by atoms with Crippen LogP contribution in [0.4, 0.5) is 0 Å². The summed E-state index contributed by atoms with van der Waals surface area (Å²) in [4.78, 5) is 19.5. The van der Waals surface area contributed by atoms with Crippen LogP contribution >= 0.6 is 23.4 Å². The smallest absolute Gasteiger partial charge is 0.283 e. The highest BCUT2D eigenvalue weighted by atomic mass is 35.5. The molecule has 2 aliphatic rings. The number of amidine groups is 2. The minimum atomic E-state index is -0.380. The molecule has 3 heterocycles. The molecule has 33 heavy (non-hydrogen) atoms. The van der Waals surface area contributed by atoms with E-state index >= 15 is 0 Å². The topological polar surface area (TPSA) is 70.7 Å². The summed E-state index contributed by atoms with van der Waals surface area (Å²) in [6.45, 7) is 3.27. The van der Waals surface area contributed by atoms with E-state index in [0.29, 0.717) is 22.4 Å². The Kier molecular flexibility index (Phi) is 5.83. The fourth-order valence-electron chi connectivity index (χ4n) is 3.89. The molecular weight excluding hydrogens is 456 g/mol. The van der Waals surface area contributed by atoms with E-state index in [-0.39, 0.29) is 11.7 Å². The number of fused-ring (bicyclic) bond motifs is 2. The molecule has 2 aromatic carbocycles. The second-order valence-corrected chi connectivity index (χ2v) is 9.42. The van der Waals surface area contributed by atoms with Gasteiger partial charge in [0.05, 0.1) is 12.2 Å². The number of rotatable bonds is 6. The predicted octanol–water partition coefficient (Wildman–Crippen LogP) is 5.93. The Labute approximate surface area is 200 Å². The summed E-state index contributed by atoms with van der Waals surface area (Å²) >= 11 is 7.33. The molecule has 5 rings (SSSR count). The van der Waals surface area contributed by atoms with E-state index in [9.17, 15) is 4.79 Å². The van der Waals surface area contributed by atoms with E-state index in [1.54, 1.807) is 11.0 Å². The van der Waals surface area contributed by atoms with Crippen LogP contribution < -0.4 is 4.74 Å². The summed E-state index contributed by atoms with van der Waals surface area (Å²) < 4.78 is 7.98. The van der Waals surface area contributed by atoms with Crippen LogP contribution in [0.2, 0.25) is 5.02 Å². The highest BCUT2D eigenvalue weighted by Gasteiger charge is 2.33. The van der Waals surface area contributed by atoms with Gasteiger partial charge in [-0.15, -0.1) is 0 Å². The zero-order valence-corrected chi connectivity index (χ0v) is 19.5. The number of benzene rings is 2. The van der Waals surface area contributed by atoms with Gasteiger partial charge in [-0.2, -0.15) is 4.99 Å². The first-order chi connectivity index (χ1) is 16.0. The van der Waals surface area contributed by atoms with Crippen molar-refractivity contribution in [2.24, 2.45) is 4.99 Å². The number of para-hydroxylation sites is 1. The third kappa shape index (κ3) is 4.34. The predicted molar refractivity (Wildman–Crippen MR) is 135 cm³/mol. The standard InChI is InChI=1S/C25H21ClN4O2S/c1-16-14-30-23(27)21(24(31)28-25(30)33-16)13-17-15-29(22-6-3-2-5-20(17)22)11-4-12-32-19-9-7-18(26)8-10-19/h2-3,5-10,13-15,27H,4,11-12H2,1H3/b21-13+,27-23?. The maximum atomic E-state index is 12.7. The lowest BCUT2D eigenvalue weighted by Crippen LogP contribution is -2.35. The minimum absolute atomic E-state index is 0.155. The second kappa shape index (κ2) is 8.92. The summed E-state index contributed by atoms with van der Waals surface area (Å²) in [5.74, 6) is 0.568. The second-order valence-electron chi connectivity index (χ2n) is 7.77. The Hall–Kier alpha value is -3.29. The molecule has 0 aliphatic carbocycles. The van der Waals surface area contributed by atoms with Gasteiger partial charge in [-0.1, -0.05) is 41.6 Å². The summed E-state index contributed by atoms with van der Waals surface area (Å²) in [7, 11) is 0. The van der Waals surface area contributed by atoms with Crippen LogP contribution in [0.3, 0.4) is 0 Å².